The van der Waals surface area contributed by atoms with Crippen molar-refractivity contribution in [1.29, 1.82) is 0 Å². The van der Waals surface area contributed by atoms with Crippen molar-refractivity contribution in [1.82, 2.24) is 0 Å². The van der Waals surface area contributed by atoms with E-state index in [0.29, 0.717) is 0 Å². The second kappa shape index (κ2) is 5.29. The number of anilines is 3. The van der Waals surface area contributed by atoms with Crippen molar-refractivity contribution in [2.24, 2.45) is 0 Å². The summed E-state index contributed by atoms with van der Waals surface area (Å²) in [6.07, 6.45) is 0. The van der Waals surface area contributed by atoms with Crippen LogP contribution in [0.2, 0.25) is 0 Å². The van der Waals surface area contributed by atoms with E-state index in [2.05, 4.69) is 4.90 Å². The molecule has 0 aromatic heterocycles. The largest absolute Gasteiger partial charge is 0.481 e. The zero-order valence-corrected chi connectivity index (χ0v) is 12.4. The summed E-state index contributed by atoms with van der Waals surface area (Å²) in [6, 6.07) is 25.5. The van der Waals surface area contributed by atoms with E-state index in [1.165, 1.54) is 0 Å². The second-order valence-corrected chi connectivity index (χ2v) is 5.56. The Hall–Kier alpha value is -3.07. The first kappa shape index (κ1) is 13.6. The lowest BCUT2D eigenvalue weighted by Gasteiger charge is -2.36. The van der Waals surface area contributed by atoms with Gasteiger partial charge >= 0.3 is 5.97 Å². The summed E-state index contributed by atoms with van der Waals surface area (Å²) < 4.78 is 0. The molecule has 0 radical (unpaired) electrons. The van der Waals surface area contributed by atoms with Gasteiger partial charge in [-0.3, -0.25) is 4.79 Å². The molecule has 1 heterocycles. The molecule has 0 amide bonds. The minimum absolute atomic E-state index is 0.637. The molecule has 0 saturated heterocycles. The highest BCUT2D eigenvalue weighted by Crippen LogP contribution is 2.48. The molecular weight excluding hydrogens is 286 g/mol. The summed E-state index contributed by atoms with van der Waals surface area (Å²) in [5.41, 5.74) is 4.51. The van der Waals surface area contributed by atoms with Gasteiger partial charge in [0, 0.05) is 5.69 Å². The molecular formula is C20H15NO2. The molecule has 1 N–H and O–H groups in total. The summed E-state index contributed by atoms with van der Waals surface area (Å²) in [6.45, 7) is 0. The Morgan fingerprint density at radius 2 is 1.22 bits per heavy atom. The first-order valence-corrected chi connectivity index (χ1v) is 7.53. The number of hydrogen-bond donors (Lipinski definition) is 1. The highest BCUT2D eigenvalue weighted by molar-refractivity contribution is 5.93. The van der Waals surface area contributed by atoms with E-state index in [-0.39, 0.29) is 0 Å². The van der Waals surface area contributed by atoms with Gasteiger partial charge in [0.2, 0.25) is 0 Å². The Morgan fingerprint density at radius 1 is 0.739 bits per heavy atom. The molecule has 0 atom stereocenters. The van der Waals surface area contributed by atoms with E-state index in [9.17, 15) is 9.90 Å². The number of hydrogen-bond acceptors (Lipinski definition) is 2. The smallest absolute Gasteiger partial charge is 0.315 e. The van der Waals surface area contributed by atoms with Crippen LogP contribution in [-0.2, 0) is 4.79 Å². The van der Waals surface area contributed by atoms with E-state index < -0.39 is 11.9 Å². The van der Waals surface area contributed by atoms with Gasteiger partial charge in [0.25, 0.3) is 0 Å². The van der Waals surface area contributed by atoms with E-state index in [4.69, 9.17) is 0 Å². The lowest BCUT2D eigenvalue weighted by atomic mass is 9.84. The van der Waals surface area contributed by atoms with Crippen LogP contribution in [0.15, 0.2) is 78.9 Å². The van der Waals surface area contributed by atoms with Gasteiger partial charge in [0.15, 0.2) is 0 Å². The predicted molar refractivity (Wildman–Crippen MR) is 90.6 cm³/mol. The average Bonchev–Trinajstić information content (AvgIpc) is 2.59. The van der Waals surface area contributed by atoms with Gasteiger partial charge in [-0.1, -0.05) is 54.6 Å². The third kappa shape index (κ3) is 2.09. The maximum Gasteiger partial charge on any atom is 0.315 e. The van der Waals surface area contributed by atoms with Crippen molar-refractivity contribution in [2.45, 2.75) is 5.92 Å². The monoisotopic (exact) mass is 301 g/mol. The first-order valence-electron chi connectivity index (χ1n) is 7.53. The van der Waals surface area contributed by atoms with E-state index in [0.717, 1.165) is 28.2 Å². The van der Waals surface area contributed by atoms with Gasteiger partial charge < -0.3 is 10.0 Å². The molecule has 3 aromatic carbocycles. The Morgan fingerprint density at radius 3 is 1.74 bits per heavy atom. The lowest BCUT2D eigenvalue weighted by Crippen LogP contribution is -2.25. The number of fused-ring (bicyclic) bond motifs is 2. The van der Waals surface area contributed by atoms with E-state index in [1.807, 2.05) is 78.9 Å². The molecule has 0 spiro atoms. The van der Waals surface area contributed by atoms with Gasteiger partial charge in [-0.25, -0.2) is 0 Å². The van der Waals surface area contributed by atoms with Gasteiger partial charge in [0.05, 0.1) is 11.4 Å². The number of para-hydroxylation sites is 3. The molecule has 3 aromatic rings. The van der Waals surface area contributed by atoms with Crippen molar-refractivity contribution < 1.29 is 9.90 Å². The number of aliphatic carboxylic acids is 1. The summed E-state index contributed by atoms with van der Waals surface area (Å²) in [7, 11) is 0. The van der Waals surface area contributed by atoms with Gasteiger partial charge in [-0.2, -0.15) is 0 Å². The maximum absolute atomic E-state index is 11.9. The number of rotatable bonds is 2. The fourth-order valence-corrected chi connectivity index (χ4v) is 3.29. The number of carboxylic acids is 1. The Bertz CT molecular complexity index is 826. The fourth-order valence-electron chi connectivity index (χ4n) is 3.29. The zero-order chi connectivity index (χ0) is 15.8. The Kier molecular flexibility index (Phi) is 3.12. The average molecular weight is 301 g/mol. The zero-order valence-electron chi connectivity index (χ0n) is 12.4. The second-order valence-electron chi connectivity index (χ2n) is 5.56. The summed E-state index contributed by atoms with van der Waals surface area (Å²) in [4.78, 5) is 14.0. The van der Waals surface area contributed by atoms with E-state index >= 15 is 0 Å². The molecule has 1 aliphatic rings. The van der Waals surface area contributed by atoms with Crippen LogP contribution in [-0.4, -0.2) is 11.1 Å². The van der Waals surface area contributed by atoms with Crippen molar-refractivity contribution in [2.75, 3.05) is 4.90 Å². The Labute approximate surface area is 134 Å². The quantitative estimate of drug-likeness (QED) is 0.746. The number of benzene rings is 3. The molecule has 23 heavy (non-hydrogen) atoms. The van der Waals surface area contributed by atoms with Gasteiger partial charge in [0.1, 0.15) is 5.92 Å². The molecule has 0 saturated carbocycles. The number of carboxylic acid groups (broad SMARTS) is 1. The Balaban J connectivity index is 2.03. The molecule has 1 aliphatic heterocycles. The summed E-state index contributed by atoms with van der Waals surface area (Å²) in [5.74, 6) is -1.46. The van der Waals surface area contributed by atoms with Crippen LogP contribution in [0, 0.1) is 0 Å². The third-order valence-corrected chi connectivity index (χ3v) is 4.24. The summed E-state index contributed by atoms with van der Waals surface area (Å²) in [5, 5.41) is 9.77. The highest BCUT2D eigenvalue weighted by atomic mass is 16.4. The predicted octanol–water partition coefficient (Wildman–Crippen LogP) is 4.69. The van der Waals surface area contributed by atoms with Crippen LogP contribution in [0.5, 0.6) is 0 Å². The first-order chi connectivity index (χ1) is 11.3. The van der Waals surface area contributed by atoms with Crippen LogP contribution < -0.4 is 4.90 Å². The normalized spacial score (nSPS) is 13.3. The molecule has 0 aliphatic carbocycles. The van der Waals surface area contributed by atoms with Crippen LogP contribution >= 0.6 is 0 Å². The van der Waals surface area contributed by atoms with Crippen LogP contribution in [0.25, 0.3) is 0 Å². The summed E-state index contributed by atoms with van der Waals surface area (Å²) >= 11 is 0. The van der Waals surface area contributed by atoms with E-state index in [1.54, 1.807) is 0 Å². The van der Waals surface area contributed by atoms with Crippen LogP contribution in [0.4, 0.5) is 17.1 Å². The molecule has 3 nitrogen and oxygen atoms in total. The molecule has 0 fully saturated rings. The van der Waals surface area contributed by atoms with Gasteiger partial charge in [-0.15, -0.1) is 0 Å². The maximum atomic E-state index is 11.9. The molecule has 0 bridgehead atoms. The van der Waals surface area contributed by atoms with Crippen molar-refractivity contribution in [3.05, 3.63) is 90.0 Å². The van der Waals surface area contributed by atoms with Crippen LogP contribution in [0.3, 0.4) is 0 Å². The minimum Gasteiger partial charge on any atom is -0.481 e. The lowest BCUT2D eigenvalue weighted by molar-refractivity contribution is -0.137. The molecule has 3 heteroatoms. The SMILES string of the molecule is O=C(O)C1c2ccccc2N(c2ccccc2)c2ccccc21. The number of carbonyl (C=O) groups is 1. The van der Waals surface area contributed by atoms with Gasteiger partial charge in [-0.05, 0) is 35.4 Å². The molecule has 4 rings (SSSR count). The fraction of sp³-hybridized carbons (Fsp3) is 0.0500. The molecule has 112 valence electrons. The standard InChI is InChI=1S/C20H15NO2/c22-20(23)19-15-10-4-6-12-17(15)21(14-8-2-1-3-9-14)18-13-7-5-11-16(18)19/h1-13,19H,(H,22,23). The topological polar surface area (TPSA) is 40.5 Å². The third-order valence-electron chi connectivity index (χ3n) is 4.24. The molecule has 0 unspecified atom stereocenters. The van der Waals surface area contributed by atoms with Crippen molar-refractivity contribution >= 4 is 23.0 Å². The van der Waals surface area contributed by atoms with Crippen molar-refractivity contribution in [3.8, 4) is 0 Å². The highest BCUT2D eigenvalue weighted by Gasteiger charge is 2.34. The van der Waals surface area contributed by atoms with Crippen molar-refractivity contribution in [3.63, 3.8) is 0 Å². The van der Waals surface area contributed by atoms with Crippen LogP contribution in [0.1, 0.15) is 17.0 Å². The minimum atomic E-state index is -0.822. The number of nitrogens with zero attached hydrogens (tertiary/aromatic N) is 1.